The molecule has 2 bridgehead atoms. The Labute approximate surface area is 125 Å². The minimum Gasteiger partial charge on any atom is -0.373 e. The summed E-state index contributed by atoms with van der Waals surface area (Å²) in [6, 6.07) is 5.82. The highest BCUT2D eigenvalue weighted by Crippen LogP contribution is 2.34. The molecule has 2 aliphatic rings. The van der Waals surface area contributed by atoms with Crippen LogP contribution < -0.4 is 11.1 Å². The predicted octanol–water partition coefficient (Wildman–Crippen LogP) is 1.35. The van der Waals surface area contributed by atoms with Gasteiger partial charge in [-0.1, -0.05) is 17.9 Å². The molecule has 4 heteroatoms. The van der Waals surface area contributed by atoms with Gasteiger partial charge in [0.1, 0.15) is 0 Å². The van der Waals surface area contributed by atoms with Crippen molar-refractivity contribution in [2.45, 2.75) is 44.4 Å². The van der Waals surface area contributed by atoms with E-state index in [9.17, 15) is 4.79 Å². The van der Waals surface area contributed by atoms with E-state index in [1.54, 1.807) is 0 Å². The fourth-order valence-electron chi connectivity index (χ4n) is 3.13. The van der Waals surface area contributed by atoms with Gasteiger partial charge in [0, 0.05) is 11.1 Å². The summed E-state index contributed by atoms with van der Waals surface area (Å²) in [5.74, 6) is 5.74. The van der Waals surface area contributed by atoms with E-state index < -0.39 is 0 Å². The van der Waals surface area contributed by atoms with E-state index in [0.717, 1.165) is 30.4 Å². The molecular formula is C17H20N2O2. The molecule has 2 aliphatic heterocycles. The first-order valence-corrected chi connectivity index (χ1v) is 7.43. The fraction of sp³-hybridized carbons (Fsp3) is 0.471. The van der Waals surface area contributed by atoms with Crippen molar-refractivity contribution in [3.8, 4) is 11.8 Å². The van der Waals surface area contributed by atoms with Crippen molar-refractivity contribution in [1.82, 2.24) is 5.32 Å². The molecule has 3 rings (SSSR count). The lowest BCUT2D eigenvalue weighted by molar-refractivity contribution is 0.0840. The Morgan fingerprint density at radius 2 is 2.33 bits per heavy atom. The zero-order valence-corrected chi connectivity index (χ0v) is 12.2. The summed E-state index contributed by atoms with van der Waals surface area (Å²) in [5.41, 5.74) is 7.84. The van der Waals surface area contributed by atoms with E-state index in [-0.39, 0.29) is 18.1 Å². The number of hydrogen-bond acceptors (Lipinski definition) is 3. The summed E-state index contributed by atoms with van der Waals surface area (Å²) in [6.07, 6.45) is 3.64. The summed E-state index contributed by atoms with van der Waals surface area (Å²) in [4.78, 5) is 12.5. The Balaban J connectivity index is 1.74. The van der Waals surface area contributed by atoms with Crippen LogP contribution in [0.3, 0.4) is 0 Å². The number of hydrogen-bond donors (Lipinski definition) is 2. The summed E-state index contributed by atoms with van der Waals surface area (Å²) < 4.78 is 5.78. The van der Waals surface area contributed by atoms with Gasteiger partial charge in [-0.05, 0) is 43.9 Å². The van der Waals surface area contributed by atoms with Crippen molar-refractivity contribution >= 4 is 5.91 Å². The number of nitrogens with one attached hydrogen (secondary N) is 1. The molecule has 2 heterocycles. The van der Waals surface area contributed by atoms with E-state index in [4.69, 9.17) is 10.5 Å². The minimum atomic E-state index is -0.0370. The van der Waals surface area contributed by atoms with Crippen LogP contribution in [0.1, 0.15) is 40.7 Å². The maximum Gasteiger partial charge on any atom is 0.251 e. The fourth-order valence-corrected chi connectivity index (χ4v) is 3.13. The number of nitrogens with two attached hydrogens (primary N) is 1. The molecule has 0 radical (unpaired) electrons. The molecule has 1 aromatic rings. The Kier molecular flexibility index (Phi) is 3.96. The molecule has 0 spiro atoms. The van der Waals surface area contributed by atoms with Crippen molar-refractivity contribution in [1.29, 1.82) is 0 Å². The smallest absolute Gasteiger partial charge is 0.251 e. The molecule has 1 amide bonds. The quantitative estimate of drug-likeness (QED) is 0.806. The molecule has 21 heavy (non-hydrogen) atoms. The molecule has 3 atom stereocenters. The van der Waals surface area contributed by atoms with Gasteiger partial charge in [0.15, 0.2) is 0 Å². The van der Waals surface area contributed by atoms with Crippen LogP contribution in [0.2, 0.25) is 0 Å². The standard InChI is InChI=1S/C17H20N2O2/c1-11-4-5-12(3-2-8-18)9-14(11)17(20)19-15-10-13-6-7-16(15)21-13/h4-5,9,13,15-16H,6-8,10,18H2,1H3,(H,19,20). The van der Waals surface area contributed by atoms with E-state index in [2.05, 4.69) is 17.2 Å². The van der Waals surface area contributed by atoms with Gasteiger partial charge in [0.25, 0.3) is 5.91 Å². The zero-order valence-electron chi connectivity index (χ0n) is 12.2. The van der Waals surface area contributed by atoms with Crippen LogP contribution in [-0.2, 0) is 4.74 Å². The highest BCUT2D eigenvalue weighted by atomic mass is 16.5. The Bertz CT molecular complexity index is 615. The Morgan fingerprint density at radius 3 is 3.00 bits per heavy atom. The van der Waals surface area contributed by atoms with Crippen molar-refractivity contribution in [3.63, 3.8) is 0 Å². The third kappa shape index (κ3) is 2.94. The van der Waals surface area contributed by atoms with Gasteiger partial charge in [-0.15, -0.1) is 0 Å². The van der Waals surface area contributed by atoms with E-state index in [1.807, 2.05) is 25.1 Å². The average Bonchev–Trinajstić information content (AvgIpc) is 3.09. The second kappa shape index (κ2) is 5.88. The topological polar surface area (TPSA) is 64.4 Å². The number of benzene rings is 1. The number of aryl methyl sites for hydroxylation is 1. The summed E-state index contributed by atoms with van der Waals surface area (Å²) in [6.45, 7) is 2.25. The van der Waals surface area contributed by atoms with Crippen LogP contribution in [0.5, 0.6) is 0 Å². The van der Waals surface area contributed by atoms with Crippen LogP contribution in [0.15, 0.2) is 18.2 Å². The van der Waals surface area contributed by atoms with Gasteiger partial charge in [-0.3, -0.25) is 4.79 Å². The second-order valence-corrected chi connectivity index (χ2v) is 5.73. The van der Waals surface area contributed by atoms with Gasteiger partial charge in [-0.2, -0.15) is 0 Å². The summed E-state index contributed by atoms with van der Waals surface area (Å²) >= 11 is 0. The minimum absolute atomic E-state index is 0.0370. The van der Waals surface area contributed by atoms with Gasteiger partial charge >= 0.3 is 0 Å². The maximum absolute atomic E-state index is 12.5. The lowest BCUT2D eigenvalue weighted by Gasteiger charge is -2.20. The van der Waals surface area contributed by atoms with E-state index in [1.165, 1.54) is 0 Å². The molecule has 0 saturated carbocycles. The van der Waals surface area contributed by atoms with E-state index >= 15 is 0 Å². The van der Waals surface area contributed by atoms with Crippen molar-refractivity contribution in [3.05, 3.63) is 34.9 Å². The van der Waals surface area contributed by atoms with Crippen LogP contribution >= 0.6 is 0 Å². The first-order valence-electron chi connectivity index (χ1n) is 7.43. The predicted molar refractivity (Wildman–Crippen MR) is 80.9 cm³/mol. The highest BCUT2D eigenvalue weighted by Gasteiger charge is 2.41. The number of carbonyl (C=O) groups excluding carboxylic acids is 1. The second-order valence-electron chi connectivity index (χ2n) is 5.73. The molecule has 3 N–H and O–H groups in total. The molecule has 0 aliphatic carbocycles. The molecular weight excluding hydrogens is 264 g/mol. The van der Waals surface area contributed by atoms with Gasteiger partial charge < -0.3 is 15.8 Å². The molecule has 110 valence electrons. The van der Waals surface area contributed by atoms with Crippen molar-refractivity contribution in [2.24, 2.45) is 5.73 Å². The van der Waals surface area contributed by atoms with Gasteiger partial charge in [0.2, 0.25) is 0 Å². The monoisotopic (exact) mass is 284 g/mol. The molecule has 2 saturated heterocycles. The molecule has 0 aromatic heterocycles. The number of fused-ring (bicyclic) bond motifs is 2. The molecule has 2 fully saturated rings. The lowest BCUT2D eigenvalue weighted by Crippen LogP contribution is -2.41. The summed E-state index contributed by atoms with van der Waals surface area (Å²) in [5, 5.41) is 3.11. The van der Waals surface area contributed by atoms with Crippen LogP contribution in [-0.4, -0.2) is 30.7 Å². The number of amides is 1. The highest BCUT2D eigenvalue weighted by molar-refractivity contribution is 5.96. The Hall–Kier alpha value is -1.83. The van der Waals surface area contributed by atoms with Crippen LogP contribution in [0.25, 0.3) is 0 Å². The number of rotatable bonds is 2. The molecule has 3 unspecified atom stereocenters. The largest absolute Gasteiger partial charge is 0.373 e. The van der Waals surface area contributed by atoms with Gasteiger partial charge in [-0.25, -0.2) is 0 Å². The maximum atomic E-state index is 12.5. The van der Waals surface area contributed by atoms with Gasteiger partial charge in [0.05, 0.1) is 24.8 Å². The molecule has 1 aromatic carbocycles. The third-order valence-electron chi connectivity index (χ3n) is 4.24. The van der Waals surface area contributed by atoms with Crippen molar-refractivity contribution < 1.29 is 9.53 Å². The SMILES string of the molecule is Cc1ccc(C#CCN)cc1C(=O)NC1CC2CCC1O2. The third-order valence-corrected chi connectivity index (χ3v) is 4.24. The first-order chi connectivity index (χ1) is 10.2. The van der Waals surface area contributed by atoms with E-state index in [0.29, 0.717) is 18.2 Å². The Morgan fingerprint density at radius 1 is 1.48 bits per heavy atom. The summed E-state index contributed by atoms with van der Waals surface area (Å²) in [7, 11) is 0. The number of ether oxygens (including phenoxy) is 1. The first kappa shape index (κ1) is 14.1. The normalized spacial score (nSPS) is 26.3. The van der Waals surface area contributed by atoms with Crippen LogP contribution in [0, 0.1) is 18.8 Å². The molecule has 4 nitrogen and oxygen atoms in total. The average molecular weight is 284 g/mol. The lowest BCUT2D eigenvalue weighted by atomic mass is 9.95. The van der Waals surface area contributed by atoms with Crippen LogP contribution in [0.4, 0.5) is 0 Å². The number of carbonyl (C=O) groups is 1. The zero-order chi connectivity index (χ0) is 14.8. The van der Waals surface area contributed by atoms with Crippen molar-refractivity contribution in [2.75, 3.05) is 6.54 Å².